The molecule has 0 aliphatic heterocycles. The zero-order chi connectivity index (χ0) is 14.5. The van der Waals surface area contributed by atoms with Gasteiger partial charge in [-0.15, -0.1) is 0 Å². The Bertz CT molecular complexity index is 466. The molecule has 2 rings (SSSR count). The molecule has 1 aromatic rings. The number of nitrogens with one attached hydrogen (secondary N) is 1. The maximum atomic E-state index is 12.1. The minimum atomic E-state index is -0.0748. The van der Waals surface area contributed by atoms with E-state index in [9.17, 15) is 4.79 Å². The first kappa shape index (κ1) is 14.7. The molecular weight excluding hydrogens is 252 g/mol. The topological polar surface area (TPSA) is 64.3 Å². The minimum Gasteiger partial charge on any atom is -0.497 e. The first-order chi connectivity index (χ1) is 9.58. The van der Waals surface area contributed by atoms with E-state index < -0.39 is 0 Å². The van der Waals surface area contributed by atoms with Gasteiger partial charge in [0.05, 0.1) is 7.11 Å². The Balaban J connectivity index is 1.90. The summed E-state index contributed by atoms with van der Waals surface area (Å²) in [6.45, 7) is 3.05. The van der Waals surface area contributed by atoms with E-state index in [2.05, 4.69) is 12.2 Å². The summed E-state index contributed by atoms with van der Waals surface area (Å²) in [6, 6.07) is 5.11. The van der Waals surface area contributed by atoms with Crippen molar-refractivity contribution in [2.24, 2.45) is 11.8 Å². The quantitative estimate of drug-likeness (QED) is 0.831. The molecule has 0 spiro atoms. The van der Waals surface area contributed by atoms with Gasteiger partial charge in [-0.25, -0.2) is 0 Å². The monoisotopic (exact) mass is 276 g/mol. The first-order valence-electron chi connectivity index (χ1n) is 7.31. The number of rotatable bonds is 4. The number of hydrogen-bond acceptors (Lipinski definition) is 3. The van der Waals surface area contributed by atoms with Gasteiger partial charge in [-0.3, -0.25) is 4.79 Å². The van der Waals surface area contributed by atoms with E-state index in [1.165, 1.54) is 25.7 Å². The van der Waals surface area contributed by atoms with Gasteiger partial charge in [0.1, 0.15) is 5.75 Å². The molecule has 4 nitrogen and oxygen atoms in total. The van der Waals surface area contributed by atoms with E-state index in [1.54, 1.807) is 25.3 Å². The van der Waals surface area contributed by atoms with Crippen LogP contribution in [0.3, 0.4) is 0 Å². The van der Waals surface area contributed by atoms with Crippen LogP contribution in [0.15, 0.2) is 18.2 Å². The fourth-order valence-corrected chi connectivity index (χ4v) is 2.74. The Kier molecular flexibility index (Phi) is 4.88. The summed E-state index contributed by atoms with van der Waals surface area (Å²) in [4.78, 5) is 12.1. The molecule has 3 N–H and O–H groups in total. The van der Waals surface area contributed by atoms with Crippen molar-refractivity contribution in [2.75, 3.05) is 19.4 Å². The van der Waals surface area contributed by atoms with Gasteiger partial charge in [-0.2, -0.15) is 0 Å². The summed E-state index contributed by atoms with van der Waals surface area (Å²) in [7, 11) is 1.57. The van der Waals surface area contributed by atoms with Gasteiger partial charge in [0.25, 0.3) is 5.91 Å². The Morgan fingerprint density at radius 3 is 2.65 bits per heavy atom. The van der Waals surface area contributed by atoms with Gasteiger partial charge in [0.15, 0.2) is 0 Å². The SMILES string of the molecule is COc1cc(N)cc(C(=O)NCC2CCC(C)CC2)c1. The van der Waals surface area contributed by atoms with Crippen LogP contribution >= 0.6 is 0 Å². The highest BCUT2D eigenvalue weighted by atomic mass is 16.5. The Labute approximate surface area is 120 Å². The molecule has 0 heterocycles. The van der Waals surface area contributed by atoms with E-state index in [0.717, 1.165) is 12.5 Å². The lowest BCUT2D eigenvalue weighted by molar-refractivity contribution is 0.0941. The van der Waals surface area contributed by atoms with E-state index in [1.807, 2.05) is 0 Å². The van der Waals surface area contributed by atoms with Crippen LogP contribution in [0.25, 0.3) is 0 Å². The van der Waals surface area contributed by atoms with Crippen molar-refractivity contribution >= 4 is 11.6 Å². The predicted molar refractivity (Wildman–Crippen MR) is 80.9 cm³/mol. The Hall–Kier alpha value is -1.71. The number of methoxy groups -OCH3 is 1. The lowest BCUT2D eigenvalue weighted by atomic mass is 9.83. The van der Waals surface area contributed by atoms with Gasteiger partial charge >= 0.3 is 0 Å². The van der Waals surface area contributed by atoms with E-state index in [-0.39, 0.29) is 5.91 Å². The average molecular weight is 276 g/mol. The summed E-state index contributed by atoms with van der Waals surface area (Å²) in [5, 5.41) is 3.01. The molecule has 20 heavy (non-hydrogen) atoms. The summed E-state index contributed by atoms with van der Waals surface area (Å²) >= 11 is 0. The van der Waals surface area contributed by atoms with Crippen LogP contribution in [0.5, 0.6) is 5.75 Å². The highest BCUT2D eigenvalue weighted by Gasteiger charge is 2.19. The molecule has 1 saturated carbocycles. The number of nitrogen functional groups attached to an aromatic ring is 1. The molecule has 110 valence electrons. The van der Waals surface area contributed by atoms with Crippen LogP contribution in [0.2, 0.25) is 0 Å². The molecule has 0 radical (unpaired) electrons. The fraction of sp³-hybridized carbons (Fsp3) is 0.562. The molecule has 1 fully saturated rings. The smallest absolute Gasteiger partial charge is 0.251 e. The lowest BCUT2D eigenvalue weighted by Gasteiger charge is -2.26. The standard InChI is InChI=1S/C16H24N2O2/c1-11-3-5-12(6-4-11)10-18-16(19)13-7-14(17)9-15(8-13)20-2/h7-9,11-12H,3-6,10,17H2,1-2H3,(H,18,19). The minimum absolute atomic E-state index is 0.0748. The number of nitrogens with two attached hydrogens (primary N) is 1. The maximum absolute atomic E-state index is 12.1. The molecule has 0 unspecified atom stereocenters. The molecule has 0 bridgehead atoms. The predicted octanol–water partition coefficient (Wildman–Crippen LogP) is 2.83. The molecule has 1 aromatic carbocycles. The van der Waals surface area contributed by atoms with Crippen LogP contribution in [0.1, 0.15) is 43.0 Å². The summed E-state index contributed by atoms with van der Waals surface area (Å²) in [5.41, 5.74) is 6.87. The molecule has 4 heteroatoms. The highest BCUT2D eigenvalue weighted by molar-refractivity contribution is 5.95. The summed E-state index contributed by atoms with van der Waals surface area (Å²) in [5.74, 6) is 1.98. The van der Waals surface area contributed by atoms with Gasteiger partial charge in [0.2, 0.25) is 0 Å². The molecule has 0 atom stereocenters. The first-order valence-corrected chi connectivity index (χ1v) is 7.31. The molecule has 1 amide bonds. The molecular formula is C16H24N2O2. The second kappa shape index (κ2) is 6.64. The highest BCUT2D eigenvalue weighted by Crippen LogP contribution is 2.27. The number of carbonyl (C=O) groups is 1. The third kappa shape index (κ3) is 3.89. The number of carbonyl (C=O) groups excluding carboxylic acids is 1. The van der Waals surface area contributed by atoms with Crippen LogP contribution in [-0.2, 0) is 0 Å². The number of hydrogen-bond donors (Lipinski definition) is 2. The molecule has 0 aromatic heterocycles. The van der Waals surface area contributed by atoms with Crippen molar-refractivity contribution in [3.63, 3.8) is 0 Å². The summed E-state index contributed by atoms with van der Waals surface area (Å²) < 4.78 is 5.13. The number of benzene rings is 1. The second-order valence-corrected chi connectivity index (χ2v) is 5.83. The molecule has 1 aliphatic rings. The van der Waals surface area contributed by atoms with Crippen molar-refractivity contribution in [3.05, 3.63) is 23.8 Å². The zero-order valence-electron chi connectivity index (χ0n) is 12.3. The van der Waals surface area contributed by atoms with Gasteiger partial charge < -0.3 is 15.8 Å². The van der Waals surface area contributed by atoms with Crippen molar-refractivity contribution in [1.29, 1.82) is 0 Å². The Morgan fingerprint density at radius 2 is 2.00 bits per heavy atom. The van der Waals surface area contributed by atoms with Crippen LogP contribution in [0, 0.1) is 11.8 Å². The third-order valence-corrected chi connectivity index (χ3v) is 4.11. The average Bonchev–Trinajstić information content (AvgIpc) is 2.45. The third-order valence-electron chi connectivity index (χ3n) is 4.11. The van der Waals surface area contributed by atoms with Gasteiger partial charge in [-0.05, 0) is 36.8 Å². The van der Waals surface area contributed by atoms with Crippen LogP contribution in [0.4, 0.5) is 5.69 Å². The largest absolute Gasteiger partial charge is 0.497 e. The fourth-order valence-electron chi connectivity index (χ4n) is 2.74. The zero-order valence-corrected chi connectivity index (χ0v) is 12.3. The Morgan fingerprint density at radius 1 is 1.30 bits per heavy atom. The van der Waals surface area contributed by atoms with Crippen molar-refractivity contribution in [1.82, 2.24) is 5.32 Å². The van der Waals surface area contributed by atoms with Gasteiger partial charge in [0, 0.05) is 23.9 Å². The van der Waals surface area contributed by atoms with E-state index >= 15 is 0 Å². The maximum Gasteiger partial charge on any atom is 0.251 e. The van der Waals surface area contributed by atoms with Crippen LogP contribution in [-0.4, -0.2) is 19.6 Å². The number of anilines is 1. The van der Waals surface area contributed by atoms with Crippen molar-refractivity contribution in [2.45, 2.75) is 32.6 Å². The van der Waals surface area contributed by atoms with Crippen LogP contribution < -0.4 is 15.8 Å². The number of amides is 1. The number of ether oxygens (including phenoxy) is 1. The van der Waals surface area contributed by atoms with Gasteiger partial charge in [-0.1, -0.05) is 19.8 Å². The molecule has 0 saturated heterocycles. The van der Waals surface area contributed by atoms with Crippen molar-refractivity contribution < 1.29 is 9.53 Å². The van der Waals surface area contributed by atoms with E-state index in [0.29, 0.717) is 22.9 Å². The second-order valence-electron chi connectivity index (χ2n) is 5.83. The lowest BCUT2D eigenvalue weighted by Crippen LogP contribution is -2.31. The van der Waals surface area contributed by atoms with Crippen molar-refractivity contribution in [3.8, 4) is 5.75 Å². The summed E-state index contributed by atoms with van der Waals surface area (Å²) in [6.07, 6.45) is 4.96. The normalized spacial score (nSPS) is 22.3. The molecule has 1 aliphatic carbocycles. The van der Waals surface area contributed by atoms with E-state index in [4.69, 9.17) is 10.5 Å².